The number of carbonyl (C=O) groups is 1. The van der Waals surface area contributed by atoms with Crippen molar-refractivity contribution < 1.29 is 22.7 Å². The zero-order valence-electron chi connectivity index (χ0n) is 15.1. The van der Waals surface area contributed by atoms with Gasteiger partial charge in [-0.3, -0.25) is 4.79 Å². The van der Waals surface area contributed by atoms with Gasteiger partial charge in [-0.1, -0.05) is 12.1 Å². The molecular weight excluding hydrogens is 380 g/mol. The molecule has 28 heavy (non-hydrogen) atoms. The van der Waals surface area contributed by atoms with Crippen LogP contribution in [-0.2, 0) is 14.8 Å². The van der Waals surface area contributed by atoms with E-state index in [0.717, 1.165) is 18.4 Å². The van der Waals surface area contributed by atoms with Crippen molar-refractivity contribution in [3.05, 3.63) is 54.1 Å². The summed E-state index contributed by atoms with van der Waals surface area (Å²) < 4.78 is 37.4. The molecule has 1 amide bonds. The van der Waals surface area contributed by atoms with Crippen molar-refractivity contribution in [2.45, 2.75) is 17.7 Å². The first kappa shape index (κ1) is 18.5. The summed E-state index contributed by atoms with van der Waals surface area (Å²) in [4.78, 5) is 12.4. The molecule has 2 aromatic carbocycles. The third-order valence-corrected chi connectivity index (χ3v) is 6.52. The highest BCUT2D eigenvalue weighted by atomic mass is 32.2. The molecule has 0 radical (unpaired) electrons. The van der Waals surface area contributed by atoms with Crippen LogP contribution in [0.1, 0.15) is 18.4 Å². The molecule has 146 valence electrons. The molecule has 2 aromatic rings. The summed E-state index contributed by atoms with van der Waals surface area (Å²) in [7, 11) is -3.52. The Morgan fingerprint density at radius 2 is 1.82 bits per heavy atom. The Bertz CT molecular complexity index is 1030. The van der Waals surface area contributed by atoms with Gasteiger partial charge in [-0.05, 0) is 54.8 Å². The smallest absolute Gasteiger partial charge is 0.248 e. The van der Waals surface area contributed by atoms with Crippen molar-refractivity contribution in [2.24, 2.45) is 0 Å². The summed E-state index contributed by atoms with van der Waals surface area (Å²) in [5, 5.41) is 2.70. The van der Waals surface area contributed by atoms with Gasteiger partial charge in [0.2, 0.25) is 22.7 Å². The fourth-order valence-corrected chi connectivity index (χ4v) is 4.75. The van der Waals surface area contributed by atoms with Gasteiger partial charge in [0.25, 0.3) is 0 Å². The minimum absolute atomic E-state index is 0.187. The van der Waals surface area contributed by atoms with Crippen LogP contribution in [0.25, 0.3) is 6.08 Å². The largest absolute Gasteiger partial charge is 0.454 e. The highest BCUT2D eigenvalue weighted by Gasteiger charge is 2.27. The van der Waals surface area contributed by atoms with Gasteiger partial charge in [0.15, 0.2) is 11.5 Å². The molecule has 1 saturated heterocycles. The molecule has 2 heterocycles. The van der Waals surface area contributed by atoms with Gasteiger partial charge in [-0.15, -0.1) is 0 Å². The van der Waals surface area contributed by atoms with Gasteiger partial charge in [-0.2, -0.15) is 4.31 Å². The lowest BCUT2D eigenvalue weighted by molar-refractivity contribution is -0.111. The lowest BCUT2D eigenvalue weighted by Crippen LogP contribution is -2.27. The molecule has 0 bridgehead atoms. The number of sulfonamides is 1. The Labute approximate surface area is 163 Å². The number of amides is 1. The molecule has 0 saturated carbocycles. The minimum Gasteiger partial charge on any atom is -0.454 e. The molecule has 8 heteroatoms. The number of rotatable bonds is 5. The van der Waals surface area contributed by atoms with Crippen LogP contribution in [0.5, 0.6) is 11.5 Å². The summed E-state index contributed by atoms with van der Waals surface area (Å²) in [6.45, 7) is 1.27. The fraction of sp³-hybridized carbons (Fsp3) is 0.250. The van der Waals surface area contributed by atoms with Gasteiger partial charge in [0, 0.05) is 24.9 Å². The van der Waals surface area contributed by atoms with E-state index in [4.69, 9.17) is 9.47 Å². The Hall–Kier alpha value is -2.84. The zero-order chi connectivity index (χ0) is 19.6. The number of carbonyl (C=O) groups excluding carboxylic acids is 1. The third-order valence-electron chi connectivity index (χ3n) is 4.63. The SMILES string of the molecule is O=C(C=Cc1ccc2c(c1)OCO2)Nc1cccc(S(=O)(=O)N2CCCC2)c1. The van der Waals surface area contributed by atoms with Crippen molar-refractivity contribution in [3.63, 3.8) is 0 Å². The summed E-state index contributed by atoms with van der Waals surface area (Å²) in [5.41, 5.74) is 1.23. The predicted molar refractivity (Wildman–Crippen MR) is 105 cm³/mol. The van der Waals surface area contributed by atoms with Gasteiger partial charge in [-0.25, -0.2) is 8.42 Å². The number of fused-ring (bicyclic) bond motifs is 1. The van der Waals surface area contributed by atoms with Crippen LogP contribution in [0, 0.1) is 0 Å². The Morgan fingerprint density at radius 1 is 1.04 bits per heavy atom. The van der Waals surface area contributed by atoms with Gasteiger partial charge in [0.05, 0.1) is 4.90 Å². The summed E-state index contributed by atoms with van der Waals surface area (Å²) in [5.74, 6) is 0.966. The molecule has 1 N–H and O–H groups in total. The van der Waals surface area contributed by atoms with Crippen LogP contribution in [0.4, 0.5) is 5.69 Å². The second kappa shape index (κ2) is 7.65. The molecule has 0 aliphatic carbocycles. The Morgan fingerprint density at radius 3 is 2.64 bits per heavy atom. The summed E-state index contributed by atoms with van der Waals surface area (Å²) in [6, 6.07) is 11.7. The fourth-order valence-electron chi connectivity index (χ4n) is 3.18. The zero-order valence-corrected chi connectivity index (χ0v) is 15.9. The monoisotopic (exact) mass is 400 g/mol. The van der Waals surface area contributed by atoms with E-state index >= 15 is 0 Å². The van der Waals surface area contributed by atoms with Gasteiger partial charge in [0.1, 0.15) is 0 Å². The first-order valence-electron chi connectivity index (χ1n) is 9.01. The molecule has 0 aromatic heterocycles. The van der Waals surface area contributed by atoms with Crippen molar-refractivity contribution in [2.75, 3.05) is 25.2 Å². The first-order chi connectivity index (χ1) is 13.5. The highest BCUT2D eigenvalue weighted by molar-refractivity contribution is 7.89. The van der Waals surface area contributed by atoms with E-state index in [1.54, 1.807) is 36.4 Å². The molecule has 2 aliphatic heterocycles. The number of nitrogens with one attached hydrogen (secondary N) is 1. The average molecular weight is 400 g/mol. The number of ether oxygens (including phenoxy) is 2. The van der Waals surface area contributed by atoms with Crippen LogP contribution < -0.4 is 14.8 Å². The molecule has 0 atom stereocenters. The van der Waals surface area contributed by atoms with Crippen molar-refractivity contribution in [1.82, 2.24) is 4.31 Å². The van der Waals surface area contributed by atoms with Crippen LogP contribution in [0.2, 0.25) is 0 Å². The number of hydrogen-bond donors (Lipinski definition) is 1. The van der Waals surface area contributed by atoms with E-state index in [1.165, 1.54) is 16.4 Å². The van der Waals surface area contributed by atoms with E-state index in [0.29, 0.717) is 30.3 Å². The highest BCUT2D eigenvalue weighted by Crippen LogP contribution is 2.32. The van der Waals surface area contributed by atoms with E-state index < -0.39 is 10.0 Å². The maximum absolute atomic E-state index is 12.7. The van der Waals surface area contributed by atoms with Crippen molar-refractivity contribution in [3.8, 4) is 11.5 Å². The molecule has 0 spiro atoms. The van der Waals surface area contributed by atoms with Gasteiger partial charge >= 0.3 is 0 Å². The molecular formula is C20H20N2O5S. The first-order valence-corrected chi connectivity index (χ1v) is 10.5. The number of benzene rings is 2. The number of hydrogen-bond acceptors (Lipinski definition) is 5. The maximum atomic E-state index is 12.7. The van der Waals surface area contributed by atoms with Crippen LogP contribution in [-0.4, -0.2) is 38.5 Å². The molecule has 7 nitrogen and oxygen atoms in total. The van der Waals surface area contributed by atoms with E-state index in [1.807, 2.05) is 6.07 Å². The predicted octanol–water partition coefficient (Wildman–Crippen LogP) is 2.85. The van der Waals surface area contributed by atoms with Crippen molar-refractivity contribution in [1.29, 1.82) is 0 Å². The third kappa shape index (κ3) is 3.88. The molecule has 2 aliphatic rings. The minimum atomic E-state index is -3.52. The quantitative estimate of drug-likeness (QED) is 0.780. The molecule has 1 fully saturated rings. The maximum Gasteiger partial charge on any atom is 0.248 e. The van der Waals surface area contributed by atoms with E-state index in [9.17, 15) is 13.2 Å². The van der Waals surface area contributed by atoms with E-state index in [2.05, 4.69) is 5.32 Å². The number of anilines is 1. The summed E-state index contributed by atoms with van der Waals surface area (Å²) in [6.07, 6.45) is 4.79. The van der Waals surface area contributed by atoms with Crippen molar-refractivity contribution >= 4 is 27.7 Å². The van der Waals surface area contributed by atoms with Gasteiger partial charge < -0.3 is 14.8 Å². The topological polar surface area (TPSA) is 84.9 Å². The van der Waals surface area contributed by atoms with Crippen LogP contribution >= 0.6 is 0 Å². The summed E-state index contributed by atoms with van der Waals surface area (Å²) >= 11 is 0. The lowest BCUT2D eigenvalue weighted by Gasteiger charge is -2.16. The van der Waals surface area contributed by atoms with Crippen LogP contribution in [0.3, 0.4) is 0 Å². The molecule has 4 rings (SSSR count). The average Bonchev–Trinajstić information content (AvgIpc) is 3.38. The second-order valence-electron chi connectivity index (χ2n) is 6.57. The normalized spacial score (nSPS) is 16.6. The Balaban J connectivity index is 1.44. The van der Waals surface area contributed by atoms with E-state index in [-0.39, 0.29) is 17.6 Å². The molecule has 0 unspecified atom stereocenters. The lowest BCUT2D eigenvalue weighted by atomic mass is 10.2. The number of nitrogens with zero attached hydrogens (tertiary/aromatic N) is 1. The Kier molecular flexibility index (Phi) is 5.06. The standard InChI is InChI=1S/C20H20N2O5S/c23-20(9-7-15-6-8-18-19(12-15)27-14-26-18)21-16-4-3-5-17(13-16)28(24,25)22-10-1-2-11-22/h3-9,12-13H,1-2,10-11,14H2,(H,21,23). The van der Waals surface area contributed by atoms with Crippen LogP contribution in [0.15, 0.2) is 53.4 Å². The second-order valence-corrected chi connectivity index (χ2v) is 8.51.